The molecule has 0 aliphatic carbocycles. The Morgan fingerprint density at radius 3 is 2.82 bits per heavy atom. The minimum Gasteiger partial charge on any atom is -0.437 e. The highest BCUT2D eigenvalue weighted by molar-refractivity contribution is 6.31. The normalized spacial score (nSPS) is 15.7. The second kappa shape index (κ2) is 7.09. The zero-order valence-electron chi connectivity index (χ0n) is 12.6. The first-order valence-corrected chi connectivity index (χ1v) is 7.78. The van der Waals surface area contributed by atoms with E-state index in [0.717, 1.165) is 49.7 Å². The summed E-state index contributed by atoms with van der Waals surface area (Å²) in [6, 6.07) is 9.86. The first-order valence-electron chi connectivity index (χ1n) is 7.40. The molecule has 1 saturated heterocycles. The predicted octanol–water partition coefficient (Wildman–Crippen LogP) is 3.67. The van der Waals surface area contributed by atoms with Gasteiger partial charge in [0, 0.05) is 31.4 Å². The van der Waals surface area contributed by atoms with Crippen LogP contribution in [0.3, 0.4) is 0 Å². The Hall–Kier alpha value is -1.62. The fourth-order valence-electron chi connectivity index (χ4n) is 2.43. The molecule has 2 aromatic rings. The third-order valence-electron chi connectivity index (χ3n) is 3.62. The lowest BCUT2D eigenvalue weighted by molar-refractivity contribution is 0.0339. The van der Waals surface area contributed by atoms with E-state index in [1.54, 1.807) is 6.20 Å². The largest absolute Gasteiger partial charge is 0.437 e. The Kier molecular flexibility index (Phi) is 4.93. The molecule has 0 unspecified atom stereocenters. The van der Waals surface area contributed by atoms with Crippen LogP contribution in [0.25, 0.3) is 0 Å². The average Bonchev–Trinajstić information content (AvgIpc) is 2.53. The van der Waals surface area contributed by atoms with E-state index < -0.39 is 0 Å². The van der Waals surface area contributed by atoms with Gasteiger partial charge in [-0.2, -0.15) is 0 Å². The van der Waals surface area contributed by atoms with Crippen LogP contribution in [0.1, 0.15) is 11.1 Å². The van der Waals surface area contributed by atoms with Gasteiger partial charge in [-0.05, 0) is 24.6 Å². The molecule has 1 aliphatic rings. The standard InChI is InChI=1S/C17H19ClN2O2/c1-13-10-15(18)17(19-11-13)22-16-5-3-2-4-14(16)12-20-6-8-21-9-7-20/h2-5,10-11H,6-9,12H2,1H3. The molecule has 116 valence electrons. The lowest BCUT2D eigenvalue weighted by Gasteiger charge is -2.27. The van der Waals surface area contributed by atoms with Gasteiger partial charge in [0.05, 0.1) is 13.2 Å². The molecule has 3 rings (SSSR count). The van der Waals surface area contributed by atoms with Crippen LogP contribution >= 0.6 is 11.6 Å². The molecule has 0 amide bonds. The zero-order valence-corrected chi connectivity index (χ0v) is 13.3. The summed E-state index contributed by atoms with van der Waals surface area (Å²) in [5, 5.41) is 0.529. The molecular formula is C17H19ClN2O2. The topological polar surface area (TPSA) is 34.6 Å². The number of ether oxygens (including phenoxy) is 2. The minimum atomic E-state index is 0.446. The van der Waals surface area contributed by atoms with Gasteiger partial charge in [-0.25, -0.2) is 4.98 Å². The van der Waals surface area contributed by atoms with Crippen LogP contribution in [-0.2, 0) is 11.3 Å². The average molecular weight is 319 g/mol. The first kappa shape index (κ1) is 15.3. The number of aromatic nitrogens is 1. The summed E-state index contributed by atoms with van der Waals surface area (Å²) in [4.78, 5) is 6.63. The summed E-state index contributed by atoms with van der Waals surface area (Å²) in [5.74, 6) is 1.24. The van der Waals surface area contributed by atoms with Crippen molar-refractivity contribution in [3.8, 4) is 11.6 Å². The summed E-state index contributed by atoms with van der Waals surface area (Å²) in [6.07, 6.45) is 1.76. The van der Waals surface area contributed by atoms with Crippen molar-refractivity contribution in [2.24, 2.45) is 0 Å². The maximum Gasteiger partial charge on any atom is 0.238 e. The van der Waals surface area contributed by atoms with Gasteiger partial charge in [0.15, 0.2) is 0 Å². The van der Waals surface area contributed by atoms with Crippen molar-refractivity contribution in [3.05, 3.63) is 52.7 Å². The third kappa shape index (κ3) is 3.77. The molecule has 4 nitrogen and oxygen atoms in total. The van der Waals surface area contributed by atoms with Crippen LogP contribution in [0.5, 0.6) is 11.6 Å². The Morgan fingerprint density at radius 1 is 1.27 bits per heavy atom. The molecule has 5 heteroatoms. The highest BCUT2D eigenvalue weighted by Crippen LogP contribution is 2.30. The van der Waals surface area contributed by atoms with Gasteiger partial charge in [0.25, 0.3) is 0 Å². The molecule has 0 spiro atoms. The van der Waals surface area contributed by atoms with E-state index in [2.05, 4.69) is 16.0 Å². The quantitative estimate of drug-likeness (QED) is 0.861. The molecule has 1 aromatic heterocycles. The maximum absolute atomic E-state index is 6.21. The Labute approximate surface area is 135 Å². The van der Waals surface area contributed by atoms with Crippen molar-refractivity contribution in [1.29, 1.82) is 0 Å². The van der Waals surface area contributed by atoms with Gasteiger partial charge in [0.2, 0.25) is 5.88 Å². The van der Waals surface area contributed by atoms with Gasteiger partial charge < -0.3 is 9.47 Å². The number of para-hydroxylation sites is 1. The van der Waals surface area contributed by atoms with Gasteiger partial charge >= 0.3 is 0 Å². The van der Waals surface area contributed by atoms with Gasteiger partial charge in [-0.3, -0.25) is 4.90 Å². The fourth-order valence-corrected chi connectivity index (χ4v) is 2.69. The number of pyridine rings is 1. The van der Waals surface area contributed by atoms with Gasteiger partial charge in [-0.15, -0.1) is 0 Å². The number of hydrogen-bond donors (Lipinski definition) is 0. The second-order valence-electron chi connectivity index (χ2n) is 5.40. The Bertz CT molecular complexity index is 642. The first-order chi connectivity index (χ1) is 10.7. The molecule has 0 saturated carbocycles. The van der Waals surface area contributed by atoms with E-state index in [1.807, 2.05) is 31.2 Å². The van der Waals surface area contributed by atoms with Crippen molar-refractivity contribution in [2.45, 2.75) is 13.5 Å². The molecule has 1 aliphatic heterocycles. The molecule has 0 bridgehead atoms. The number of hydrogen-bond acceptors (Lipinski definition) is 4. The van der Waals surface area contributed by atoms with E-state index in [-0.39, 0.29) is 0 Å². The Morgan fingerprint density at radius 2 is 2.05 bits per heavy atom. The fraction of sp³-hybridized carbons (Fsp3) is 0.353. The molecule has 1 fully saturated rings. The van der Waals surface area contributed by atoms with Gasteiger partial charge in [0.1, 0.15) is 10.8 Å². The van der Waals surface area contributed by atoms with E-state index in [9.17, 15) is 0 Å². The third-order valence-corrected chi connectivity index (χ3v) is 3.89. The van der Waals surface area contributed by atoms with E-state index in [1.165, 1.54) is 0 Å². The van der Waals surface area contributed by atoms with Crippen LogP contribution in [0.15, 0.2) is 36.5 Å². The number of rotatable bonds is 4. The summed E-state index contributed by atoms with van der Waals surface area (Å²) >= 11 is 6.21. The molecule has 1 aromatic carbocycles. The van der Waals surface area contributed by atoms with Crippen molar-refractivity contribution >= 4 is 11.6 Å². The maximum atomic E-state index is 6.21. The summed E-state index contributed by atoms with van der Waals surface area (Å²) < 4.78 is 11.3. The number of nitrogens with zero attached hydrogens (tertiary/aromatic N) is 2. The summed E-state index contributed by atoms with van der Waals surface area (Å²) in [5.41, 5.74) is 2.14. The van der Waals surface area contributed by atoms with Crippen molar-refractivity contribution in [3.63, 3.8) is 0 Å². The lowest BCUT2D eigenvalue weighted by Crippen LogP contribution is -2.35. The molecule has 0 atom stereocenters. The lowest BCUT2D eigenvalue weighted by atomic mass is 10.2. The molecule has 0 N–H and O–H groups in total. The number of morpholine rings is 1. The molecule has 0 radical (unpaired) electrons. The van der Waals surface area contributed by atoms with Crippen LogP contribution in [0, 0.1) is 6.92 Å². The second-order valence-corrected chi connectivity index (χ2v) is 5.81. The van der Waals surface area contributed by atoms with Crippen molar-refractivity contribution < 1.29 is 9.47 Å². The van der Waals surface area contributed by atoms with Gasteiger partial charge in [-0.1, -0.05) is 29.8 Å². The summed E-state index contributed by atoms with van der Waals surface area (Å²) in [7, 11) is 0. The predicted molar refractivity (Wildman–Crippen MR) is 86.6 cm³/mol. The smallest absolute Gasteiger partial charge is 0.238 e. The molecule has 22 heavy (non-hydrogen) atoms. The minimum absolute atomic E-state index is 0.446. The highest BCUT2D eigenvalue weighted by Gasteiger charge is 2.14. The zero-order chi connectivity index (χ0) is 15.4. The van der Waals surface area contributed by atoms with E-state index in [4.69, 9.17) is 21.1 Å². The van der Waals surface area contributed by atoms with Crippen LogP contribution in [0.2, 0.25) is 5.02 Å². The van der Waals surface area contributed by atoms with Crippen LogP contribution in [-0.4, -0.2) is 36.2 Å². The van der Waals surface area contributed by atoms with Crippen molar-refractivity contribution in [2.75, 3.05) is 26.3 Å². The summed E-state index contributed by atoms with van der Waals surface area (Å²) in [6.45, 7) is 6.25. The SMILES string of the molecule is Cc1cnc(Oc2ccccc2CN2CCOCC2)c(Cl)c1. The van der Waals surface area contributed by atoms with E-state index in [0.29, 0.717) is 10.9 Å². The number of benzene rings is 1. The molecule has 2 heterocycles. The van der Waals surface area contributed by atoms with Crippen LogP contribution < -0.4 is 4.74 Å². The Balaban J connectivity index is 1.78. The van der Waals surface area contributed by atoms with E-state index >= 15 is 0 Å². The van der Waals surface area contributed by atoms with Crippen molar-refractivity contribution in [1.82, 2.24) is 9.88 Å². The number of aryl methyl sites for hydroxylation is 1. The molecular weight excluding hydrogens is 300 g/mol. The number of halogens is 1. The monoisotopic (exact) mass is 318 g/mol. The van der Waals surface area contributed by atoms with Crippen LogP contribution in [0.4, 0.5) is 0 Å². The highest BCUT2D eigenvalue weighted by atomic mass is 35.5.